The molecule has 0 aromatic heterocycles. The zero-order valence-electron chi connectivity index (χ0n) is 14.0. The molecule has 2 rings (SSSR count). The number of nitrogens with zero attached hydrogens (tertiary/aromatic N) is 2. The predicted octanol–water partition coefficient (Wildman–Crippen LogP) is 0.0603. The van der Waals surface area contributed by atoms with Gasteiger partial charge in [-0.05, 0) is 11.6 Å². The first-order valence-electron chi connectivity index (χ1n) is 7.88. The lowest BCUT2D eigenvalue weighted by Crippen LogP contribution is -2.51. The highest BCUT2D eigenvalue weighted by atomic mass is 32.2. The average Bonchev–Trinajstić information content (AvgIpc) is 2.61. The number of carbonyl (C=O) groups excluding carboxylic acids is 2. The minimum absolute atomic E-state index is 0.0567. The molecule has 1 aromatic carbocycles. The molecule has 0 unspecified atom stereocenters. The van der Waals surface area contributed by atoms with E-state index in [-0.39, 0.29) is 6.54 Å². The minimum Gasteiger partial charge on any atom is -0.341 e. The Morgan fingerprint density at radius 2 is 1.76 bits per heavy atom. The topological polar surface area (TPSA) is 98.8 Å². The van der Waals surface area contributed by atoms with E-state index in [0.717, 1.165) is 5.56 Å². The Bertz CT molecular complexity index is 726. The summed E-state index contributed by atoms with van der Waals surface area (Å²) in [5.41, 5.74) is 0.815. The van der Waals surface area contributed by atoms with E-state index in [9.17, 15) is 18.0 Å². The van der Waals surface area contributed by atoms with E-state index in [0.29, 0.717) is 26.2 Å². The monoisotopic (exact) mass is 366 g/mol. The summed E-state index contributed by atoms with van der Waals surface area (Å²) in [4.78, 5) is 24.6. The van der Waals surface area contributed by atoms with E-state index in [4.69, 9.17) is 0 Å². The molecule has 0 atom stereocenters. The highest BCUT2D eigenvalue weighted by molar-refractivity contribution is 7.92. The summed E-state index contributed by atoms with van der Waals surface area (Å²) in [6.07, 6.45) is 1.57. The van der Waals surface area contributed by atoms with E-state index in [2.05, 4.69) is 10.6 Å². The van der Waals surface area contributed by atoms with Crippen LogP contribution in [0.5, 0.6) is 0 Å². The Morgan fingerprint density at radius 1 is 1.12 bits per heavy atom. The fourth-order valence-electron chi connectivity index (χ4n) is 2.39. The van der Waals surface area contributed by atoms with Gasteiger partial charge < -0.3 is 5.32 Å². The van der Waals surface area contributed by atoms with Gasteiger partial charge in [0.15, 0.2) is 0 Å². The third kappa shape index (κ3) is 5.96. The van der Waals surface area contributed by atoms with Crippen molar-refractivity contribution in [3.05, 3.63) is 41.3 Å². The number of amides is 3. The number of nitrogens with one attached hydrogen (secondary N) is 2. The largest absolute Gasteiger partial charge is 0.341 e. The van der Waals surface area contributed by atoms with Gasteiger partial charge in [-0.2, -0.15) is 4.31 Å². The molecule has 136 valence electrons. The van der Waals surface area contributed by atoms with E-state index in [1.165, 1.54) is 16.8 Å². The van der Waals surface area contributed by atoms with Crippen LogP contribution in [0.4, 0.5) is 4.79 Å². The van der Waals surface area contributed by atoms with Crippen LogP contribution < -0.4 is 10.6 Å². The Hall–Kier alpha value is -2.23. The number of piperazine rings is 1. The molecule has 0 saturated carbocycles. The normalized spacial score (nSPS) is 16.7. The van der Waals surface area contributed by atoms with Gasteiger partial charge in [-0.3, -0.25) is 15.0 Å². The number of imide groups is 1. The maximum atomic E-state index is 12.4. The molecular weight excluding hydrogens is 344 g/mol. The lowest BCUT2D eigenvalue weighted by Gasteiger charge is -2.32. The Kier molecular flexibility index (Phi) is 6.68. The second-order valence-corrected chi connectivity index (χ2v) is 7.38. The van der Waals surface area contributed by atoms with E-state index in [1.807, 2.05) is 35.2 Å². The quantitative estimate of drug-likeness (QED) is 0.768. The molecule has 3 amide bonds. The van der Waals surface area contributed by atoms with Crippen LogP contribution in [0.25, 0.3) is 6.08 Å². The van der Waals surface area contributed by atoms with E-state index >= 15 is 0 Å². The van der Waals surface area contributed by atoms with E-state index in [1.54, 1.807) is 6.08 Å². The number of hydrogen-bond acceptors (Lipinski definition) is 5. The summed E-state index contributed by atoms with van der Waals surface area (Å²) in [5.74, 6) is -0.417. The Labute approximate surface area is 147 Å². The highest BCUT2D eigenvalue weighted by Crippen LogP contribution is 2.11. The molecule has 1 fully saturated rings. The van der Waals surface area contributed by atoms with Crippen LogP contribution in [0, 0.1) is 0 Å². The molecule has 1 saturated heterocycles. The lowest BCUT2D eigenvalue weighted by atomic mass is 10.2. The molecule has 25 heavy (non-hydrogen) atoms. The molecular formula is C16H22N4O4S. The van der Waals surface area contributed by atoms with Crippen LogP contribution in [-0.4, -0.2) is 69.3 Å². The molecule has 1 aromatic rings. The van der Waals surface area contributed by atoms with Crippen LogP contribution in [0.2, 0.25) is 0 Å². The first kappa shape index (κ1) is 19.1. The number of benzene rings is 1. The van der Waals surface area contributed by atoms with Gasteiger partial charge in [-0.25, -0.2) is 13.2 Å². The number of rotatable bonds is 5. The number of hydrogen-bond donors (Lipinski definition) is 2. The summed E-state index contributed by atoms with van der Waals surface area (Å²) in [7, 11) is -2.07. The van der Waals surface area contributed by atoms with Crippen molar-refractivity contribution >= 4 is 28.0 Å². The number of sulfonamides is 1. The van der Waals surface area contributed by atoms with Crippen molar-refractivity contribution in [1.29, 1.82) is 0 Å². The molecule has 2 N–H and O–H groups in total. The summed E-state index contributed by atoms with van der Waals surface area (Å²) in [6.45, 7) is 1.52. The van der Waals surface area contributed by atoms with E-state index < -0.39 is 22.0 Å². The Balaban J connectivity index is 1.85. The van der Waals surface area contributed by atoms with Gasteiger partial charge in [0.2, 0.25) is 15.9 Å². The van der Waals surface area contributed by atoms with Crippen molar-refractivity contribution in [3.8, 4) is 0 Å². The fourth-order valence-corrected chi connectivity index (χ4v) is 3.56. The highest BCUT2D eigenvalue weighted by Gasteiger charge is 2.26. The third-order valence-electron chi connectivity index (χ3n) is 3.77. The fraction of sp³-hybridized carbons (Fsp3) is 0.375. The lowest BCUT2D eigenvalue weighted by molar-refractivity contribution is -0.121. The van der Waals surface area contributed by atoms with Crippen molar-refractivity contribution in [2.45, 2.75) is 0 Å². The van der Waals surface area contributed by atoms with Crippen molar-refractivity contribution in [1.82, 2.24) is 19.8 Å². The van der Waals surface area contributed by atoms with Crippen LogP contribution >= 0.6 is 0 Å². The van der Waals surface area contributed by atoms with Crippen LogP contribution in [-0.2, 0) is 14.8 Å². The van der Waals surface area contributed by atoms with Crippen LogP contribution in [0.3, 0.4) is 0 Å². The molecule has 9 heteroatoms. The first-order chi connectivity index (χ1) is 11.9. The number of urea groups is 1. The van der Waals surface area contributed by atoms with Crippen LogP contribution in [0.15, 0.2) is 35.7 Å². The predicted molar refractivity (Wildman–Crippen MR) is 95.0 cm³/mol. The van der Waals surface area contributed by atoms with Gasteiger partial charge in [-0.1, -0.05) is 30.3 Å². The second-order valence-electron chi connectivity index (χ2n) is 5.56. The zero-order chi connectivity index (χ0) is 18.3. The van der Waals surface area contributed by atoms with Gasteiger partial charge in [0.05, 0.1) is 6.54 Å². The van der Waals surface area contributed by atoms with Gasteiger partial charge in [-0.15, -0.1) is 0 Å². The molecule has 0 spiro atoms. The van der Waals surface area contributed by atoms with Gasteiger partial charge in [0.1, 0.15) is 0 Å². The summed E-state index contributed by atoms with van der Waals surface area (Å²) in [6, 6.07) is 8.65. The molecule has 0 radical (unpaired) electrons. The van der Waals surface area contributed by atoms with Crippen molar-refractivity contribution in [2.24, 2.45) is 0 Å². The van der Waals surface area contributed by atoms with Crippen molar-refractivity contribution in [3.63, 3.8) is 0 Å². The first-order valence-corrected chi connectivity index (χ1v) is 9.38. The van der Waals surface area contributed by atoms with Crippen molar-refractivity contribution in [2.75, 3.05) is 39.8 Å². The molecule has 1 aliphatic rings. The number of carbonyl (C=O) groups is 2. The maximum absolute atomic E-state index is 12.4. The summed E-state index contributed by atoms with van der Waals surface area (Å²) in [5, 5.41) is 5.69. The van der Waals surface area contributed by atoms with Gasteiger partial charge >= 0.3 is 6.03 Å². The standard InChI is InChI=1S/C16H22N4O4S/c1-17-16(22)18-15(21)13-19-8-10-20(11-9-19)25(23,24)12-7-14-5-3-2-4-6-14/h2-7,12H,8-11,13H2,1H3,(H2,17,18,21,22)/b12-7+. The molecule has 0 bridgehead atoms. The SMILES string of the molecule is CNC(=O)NC(=O)CN1CCN(S(=O)(=O)/C=C/c2ccccc2)CC1. The Morgan fingerprint density at radius 3 is 2.36 bits per heavy atom. The molecule has 1 aliphatic heterocycles. The average molecular weight is 366 g/mol. The smallest absolute Gasteiger partial charge is 0.321 e. The maximum Gasteiger partial charge on any atom is 0.321 e. The summed E-state index contributed by atoms with van der Waals surface area (Å²) >= 11 is 0. The third-order valence-corrected chi connectivity index (χ3v) is 5.34. The minimum atomic E-state index is -3.49. The zero-order valence-corrected chi connectivity index (χ0v) is 14.8. The van der Waals surface area contributed by atoms with Crippen molar-refractivity contribution < 1.29 is 18.0 Å². The van der Waals surface area contributed by atoms with Crippen LogP contribution in [0.1, 0.15) is 5.56 Å². The molecule has 1 heterocycles. The molecule has 8 nitrogen and oxygen atoms in total. The summed E-state index contributed by atoms with van der Waals surface area (Å²) < 4.78 is 26.1. The van der Waals surface area contributed by atoms with Gasteiger partial charge in [0, 0.05) is 38.6 Å². The second kappa shape index (κ2) is 8.75. The van der Waals surface area contributed by atoms with Gasteiger partial charge in [0.25, 0.3) is 0 Å². The molecule has 0 aliphatic carbocycles.